The van der Waals surface area contributed by atoms with Crippen molar-refractivity contribution >= 4 is 16.0 Å². The van der Waals surface area contributed by atoms with E-state index in [0.29, 0.717) is 11.0 Å². The molecule has 0 unspecified atom stereocenters. The van der Waals surface area contributed by atoms with Gasteiger partial charge in [0, 0.05) is 14.1 Å². The van der Waals surface area contributed by atoms with Crippen LogP contribution >= 0.6 is 0 Å². The Hall–Kier alpha value is -1.38. The Morgan fingerprint density at radius 3 is 2.38 bits per heavy atom. The molecule has 0 radical (unpaired) electrons. The molecule has 0 aliphatic heterocycles. The number of hydrogen-bond acceptors (Lipinski definition) is 5. The zero-order chi connectivity index (χ0) is 16.4. The van der Waals surface area contributed by atoms with Crippen molar-refractivity contribution in [2.24, 2.45) is 0 Å². The van der Waals surface area contributed by atoms with E-state index in [1.54, 1.807) is 6.92 Å². The summed E-state index contributed by atoms with van der Waals surface area (Å²) in [6.07, 6.45) is -0.309. The zero-order valence-electron chi connectivity index (χ0n) is 13.3. The van der Waals surface area contributed by atoms with E-state index in [0.717, 1.165) is 4.31 Å². The number of ether oxygens (including phenoxy) is 1. The molecule has 8 heteroatoms. The molecule has 0 amide bonds. The molecule has 0 saturated carbocycles. The molecule has 120 valence electrons. The number of sulfonamides is 1. The fourth-order valence-corrected chi connectivity index (χ4v) is 2.59. The van der Waals surface area contributed by atoms with E-state index in [1.807, 2.05) is 21.1 Å². The van der Waals surface area contributed by atoms with Crippen LogP contribution in [0.25, 0.3) is 0 Å². The van der Waals surface area contributed by atoms with Crippen LogP contribution in [-0.2, 0) is 14.8 Å². The molecule has 0 aliphatic rings. The van der Waals surface area contributed by atoms with Gasteiger partial charge in [0.1, 0.15) is 12.6 Å². The van der Waals surface area contributed by atoms with Crippen molar-refractivity contribution in [2.45, 2.75) is 18.1 Å². The Morgan fingerprint density at radius 2 is 1.90 bits per heavy atom. The number of furan rings is 1. The van der Waals surface area contributed by atoms with Crippen molar-refractivity contribution in [1.29, 1.82) is 0 Å². The summed E-state index contributed by atoms with van der Waals surface area (Å²) in [6, 6.07) is 2.55. The van der Waals surface area contributed by atoms with Gasteiger partial charge < -0.3 is 13.6 Å². The summed E-state index contributed by atoms with van der Waals surface area (Å²) >= 11 is 0. The van der Waals surface area contributed by atoms with Gasteiger partial charge in [0.25, 0.3) is 10.0 Å². The lowest BCUT2D eigenvalue weighted by molar-refractivity contribution is -0.873. The number of nitrogens with zero attached hydrogens (tertiary/aromatic N) is 2. The van der Waals surface area contributed by atoms with Crippen molar-refractivity contribution in [1.82, 2.24) is 4.31 Å². The van der Waals surface area contributed by atoms with Gasteiger partial charge in [-0.15, -0.1) is 0 Å². The number of carbonyl (C=O) groups is 1. The van der Waals surface area contributed by atoms with E-state index in [1.165, 1.54) is 26.2 Å². The van der Waals surface area contributed by atoms with Gasteiger partial charge in [0.05, 0.1) is 21.1 Å². The zero-order valence-corrected chi connectivity index (χ0v) is 14.1. The van der Waals surface area contributed by atoms with Crippen molar-refractivity contribution in [3.8, 4) is 0 Å². The molecule has 0 spiro atoms. The van der Waals surface area contributed by atoms with Gasteiger partial charge in [0.2, 0.25) is 10.9 Å². The molecule has 1 atom stereocenters. The van der Waals surface area contributed by atoms with Crippen LogP contribution in [0.2, 0.25) is 0 Å². The van der Waals surface area contributed by atoms with Crippen LogP contribution in [0.15, 0.2) is 21.6 Å². The summed E-state index contributed by atoms with van der Waals surface area (Å²) in [5, 5.41) is -0.279. The van der Waals surface area contributed by atoms with Gasteiger partial charge in [-0.3, -0.25) is 0 Å². The lowest BCUT2D eigenvalue weighted by atomic mass is 10.3. The molecule has 0 aromatic carbocycles. The molecule has 1 heterocycles. The fourth-order valence-electron chi connectivity index (χ4n) is 1.80. The van der Waals surface area contributed by atoms with Crippen LogP contribution in [0.5, 0.6) is 0 Å². The Bertz CT molecular complexity index is 598. The van der Waals surface area contributed by atoms with Crippen LogP contribution < -0.4 is 0 Å². The predicted octanol–water partition coefficient (Wildman–Crippen LogP) is 0.781. The van der Waals surface area contributed by atoms with Gasteiger partial charge in [-0.2, -0.15) is 0 Å². The largest absolute Gasteiger partial charge is 0.451 e. The van der Waals surface area contributed by atoms with Gasteiger partial charge >= 0.3 is 5.97 Å². The number of carbonyl (C=O) groups excluding carboxylic acids is 1. The van der Waals surface area contributed by atoms with Crippen molar-refractivity contribution in [3.05, 3.63) is 17.9 Å². The Kier molecular flexibility index (Phi) is 5.19. The van der Waals surface area contributed by atoms with Crippen LogP contribution in [-0.4, -0.2) is 71.1 Å². The van der Waals surface area contributed by atoms with E-state index in [2.05, 4.69) is 0 Å². The first kappa shape index (κ1) is 17.7. The SMILES string of the molecule is C[C@@H](C[N+](C)(C)C)OC(=O)c1ccc(S(=O)(=O)N(C)C)o1. The topological polar surface area (TPSA) is 76.8 Å². The average Bonchev–Trinajstić information content (AvgIpc) is 2.75. The van der Waals surface area contributed by atoms with E-state index in [9.17, 15) is 13.2 Å². The quantitative estimate of drug-likeness (QED) is 0.572. The summed E-state index contributed by atoms with van der Waals surface area (Å²) in [5.41, 5.74) is 0. The third kappa shape index (κ3) is 4.83. The number of hydrogen-bond donors (Lipinski definition) is 0. The lowest BCUT2D eigenvalue weighted by Crippen LogP contribution is -2.41. The first-order valence-corrected chi connectivity index (χ1v) is 7.91. The number of rotatable bonds is 6. The second-order valence-corrected chi connectivity index (χ2v) is 8.18. The molecule has 7 nitrogen and oxygen atoms in total. The number of esters is 1. The predicted molar refractivity (Wildman–Crippen MR) is 77.4 cm³/mol. The Morgan fingerprint density at radius 1 is 1.33 bits per heavy atom. The third-order valence-corrected chi connectivity index (χ3v) is 4.32. The highest BCUT2D eigenvalue weighted by Gasteiger charge is 2.25. The minimum atomic E-state index is -3.69. The minimum Gasteiger partial charge on any atom is -0.451 e. The minimum absolute atomic E-state index is 0.122. The third-order valence-electron chi connectivity index (χ3n) is 2.63. The average molecular weight is 319 g/mol. The van der Waals surface area contributed by atoms with Crippen molar-refractivity contribution < 1.29 is 26.8 Å². The Labute approximate surface area is 125 Å². The molecule has 0 aliphatic carbocycles. The van der Waals surface area contributed by atoms with Gasteiger partial charge in [-0.1, -0.05) is 0 Å². The van der Waals surface area contributed by atoms with Crippen LogP contribution in [0.1, 0.15) is 17.5 Å². The maximum absolute atomic E-state index is 11.9. The monoisotopic (exact) mass is 319 g/mol. The fraction of sp³-hybridized carbons (Fsp3) is 0.615. The molecule has 0 saturated heterocycles. The van der Waals surface area contributed by atoms with Gasteiger partial charge in [-0.05, 0) is 19.1 Å². The van der Waals surface area contributed by atoms with Crippen LogP contribution in [0.3, 0.4) is 0 Å². The van der Waals surface area contributed by atoms with E-state index in [4.69, 9.17) is 9.15 Å². The molecule has 1 aromatic heterocycles. The van der Waals surface area contributed by atoms with E-state index >= 15 is 0 Å². The second-order valence-electron chi connectivity index (χ2n) is 6.09. The van der Waals surface area contributed by atoms with Crippen molar-refractivity contribution in [2.75, 3.05) is 41.8 Å². The molecule has 0 N–H and O–H groups in total. The molecule has 21 heavy (non-hydrogen) atoms. The molecule has 0 bridgehead atoms. The standard InChI is InChI=1S/C13H23N2O5S/c1-10(9-15(4,5)6)19-13(16)11-7-8-12(20-11)21(17,18)14(2)3/h7-8,10H,9H2,1-6H3/q+1/t10-/m0/s1. The van der Waals surface area contributed by atoms with Crippen LogP contribution in [0, 0.1) is 0 Å². The highest BCUT2D eigenvalue weighted by atomic mass is 32.2. The summed E-state index contributed by atoms with van der Waals surface area (Å²) in [4.78, 5) is 11.9. The smallest absolute Gasteiger partial charge is 0.374 e. The lowest BCUT2D eigenvalue weighted by Gasteiger charge is -2.26. The number of likely N-dealkylation sites (N-methyl/N-ethyl adjacent to an activating group) is 1. The molecule has 1 aromatic rings. The second kappa shape index (κ2) is 6.17. The summed E-state index contributed by atoms with van der Waals surface area (Å²) in [7, 11) is 5.04. The first-order chi connectivity index (χ1) is 9.43. The molecule has 0 fully saturated rings. The summed E-state index contributed by atoms with van der Waals surface area (Å²) < 4.78 is 35.7. The molecular formula is C13H23N2O5S+. The summed E-state index contributed by atoms with van der Waals surface area (Å²) in [5.74, 6) is -0.792. The maximum Gasteiger partial charge on any atom is 0.374 e. The molecular weight excluding hydrogens is 296 g/mol. The van der Waals surface area contributed by atoms with Gasteiger partial charge in [0.15, 0.2) is 0 Å². The van der Waals surface area contributed by atoms with Crippen molar-refractivity contribution in [3.63, 3.8) is 0 Å². The maximum atomic E-state index is 11.9. The van der Waals surface area contributed by atoms with E-state index < -0.39 is 16.0 Å². The molecule has 1 rings (SSSR count). The van der Waals surface area contributed by atoms with E-state index in [-0.39, 0.29) is 17.0 Å². The Balaban J connectivity index is 2.80. The normalized spacial score (nSPS) is 14.2. The highest BCUT2D eigenvalue weighted by molar-refractivity contribution is 7.88. The first-order valence-electron chi connectivity index (χ1n) is 6.47. The number of quaternary nitrogens is 1. The highest BCUT2D eigenvalue weighted by Crippen LogP contribution is 2.18. The summed E-state index contributed by atoms with van der Waals surface area (Å²) in [6.45, 7) is 2.41. The van der Waals surface area contributed by atoms with Crippen LogP contribution in [0.4, 0.5) is 0 Å². The van der Waals surface area contributed by atoms with Gasteiger partial charge in [-0.25, -0.2) is 17.5 Å².